The molecule has 0 amide bonds. The van der Waals surface area contributed by atoms with Gasteiger partial charge in [-0.05, 0) is 74.2 Å². The molecule has 2 aliphatic rings. The fraction of sp³-hybridized carbons (Fsp3) is 0.368. The molecule has 0 fully saturated rings. The number of fused-ring (bicyclic) bond motifs is 4. The van der Waals surface area contributed by atoms with Crippen molar-refractivity contribution >= 4 is 46.3 Å². The minimum atomic E-state index is 1.04. The van der Waals surface area contributed by atoms with Gasteiger partial charge in [0.2, 0.25) is 0 Å². The van der Waals surface area contributed by atoms with E-state index in [1.807, 2.05) is 23.5 Å². The highest BCUT2D eigenvalue weighted by Gasteiger charge is 2.27. The van der Waals surface area contributed by atoms with Crippen molar-refractivity contribution in [2.24, 2.45) is 0 Å². The van der Waals surface area contributed by atoms with Gasteiger partial charge in [-0.25, -0.2) is 0 Å². The first-order valence-electron chi connectivity index (χ1n) is 16.2. The number of para-hydroxylation sites is 4. The minimum Gasteiger partial charge on any atom is -0.334 e. The highest BCUT2D eigenvalue weighted by molar-refractivity contribution is 8.00. The number of hydrogen-bond acceptors (Lipinski definition) is 4. The number of rotatable bonds is 13. The SMILES string of the molecule is C[N+](C)(CCCCCC[N+](C)(C)CCN1c2ccccc2Sc2ccccc21)CCN1c2ccccc2Sc2ccccc21. The third kappa shape index (κ3) is 7.31. The molecule has 2 heterocycles. The van der Waals surface area contributed by atoms with Crippen molar-refractivity contribution < 1.29 is 8.97 Å². The number of quaternary nitrogens is 2. The summed E-state index contributed by atoms with van der Waals surface area (Å²) in [4.78, 5) is 10.5. The normalized spacial score (nSPS) is 14.1. The van der Waals surface area contributed by atoms with E-state index in [2.05, 4.69) is 135 Å². The Morgan fingerprint density at radius 2 is 0.705 bits per heavy atom. The summed E-state index contributed by atoms with van der Waals surface area (Å²) in [6.45, 7) is 6.82. The predicted molar refractivity (Wildman–Crippen MR) is 190 cm³/mol. The van der Waals surface area contributed by atoms with Crippen LogP contribution in [0.1, 0.15) is 25.7 Å². The van der Waals surface area contributed by atoms with Gasteiger partial charge in [-0.15, -0.1) is 0 Å². The molecule has 230 valence electrons. The van der Waals surface area contributed by atoms with Crippen LogP contribution in [0.15, 0.2) is 117 Å². The number of unbranched alkanes of at least 4 members (excludes halogenated alkanes) is 3. The monoisotopic (exact) mass is 624 g/mol. The molecule has 4 nitrogen and oxygen atoms in total. The van der Waals surface area contributed by atoms with Gasteiger partial charge in [-0.3, -0.25) is 0 Å². The molecule has 0 bridgehead atoms. The van der Waals surface area contributed by atoms with Gasteiger partial charge in [0, 0.05) is 19.6 Å². The van der Waals surface area contributed by atoms with E-state index < -0.39 is 0 Å². The molecule has 6 heteroatoms. The summed E-state index contributed by atoms with van der Waals surface area (Å²) in [5.41, 5.74) is 5.41. The van der Waals surface area contributed by atoms with Crippen LogP contribution in [-0.4, -0.2) is 76.4 Å². The zero-order valence-corrected chi connectivity index (χ0v) is 28.5. The van der Waals surface area contributed by atoms with Crippen molar-refractivity contribution in [1.82, 2.24) is 0 Å². The average Bonchev–Trinajstić information content (AvgIpc) is 3.03. The number of likely N-dealkylation sites (N-methyl/N-ethyl adjacent to an activating group) is 2. The van der Waals surface area contributed by atoms with E-state index in [9.17, 15) is 0 Å². The van der Waals surface area contributed by atoms with Crippen LogP contribution in [0.3, 0.4) is 0 Å². The van der Waals surface area contributed by atoms with Crippen molar-refractivity contribution in [3.63, 3.8) is 0 Å². The number of hydrogen-bond donors (Lipinski definition) is 0. The van der Waals surface area contributed by atoms with Crippen LogP contribution >= 0.6 is 23.5 Å². The zero-order chi connectivity index (χ0) is 30.6. The van der Waals surface area contributed by atoms with Gasteiger partial charge in [-0.1, -0.05) is 72.1 Å². The van der Waals surface area contributed by atoms with Gasteiger partial charge in [0.1, 0.15) is 0 Å². The summed E-state index contributed by atoms with van der Waals surface area (Å²) in [7, 11) is 9.63. The van der Waals surface area contributed by atoms with E-state index >= 15 is 0 Å². The van der Waals surface area contributed by atoms with Crippen molar-refractivity contribution in [3.8, 4) is 0 Å². The summed E-state index contributed by atoms with van der Waals surface area (Å²) in [5.74, 6) is 0. The smallest absolute Gasteiger partial charge is 0.0964 e. The standard InChI is InChI=1S/C38H48N4S2/c1-41(2,29-25-39-31-17-7-11-21-35(31)43-36-22-12-8-18-32(36)39)27-15-5-6-16-28-42(3,4)30-26-40-33-19-9-13-23-37(33)44-38-24-14-10-20-34(38)40/h7-14,17-24H,5-6,15-16,25-30H2,1-4H3/q+2. The topological polar surface area (TPSA) is 6.48 Å². The molecule has 0 radical (unpaired) electrons. The fourth-order valence-corrected chi connectivity index (χ4v) is 8.63. The van der Waals surface area contributed by atoms with Crippen molar-refractivity contribution in [1.29, 1.82) is 0 Å². The second kappa shape index (κ2) is 13.6. The van der Waals surface area contributed by atoms with Gasteiger partial charge >= 0.3 is 0 Å². The van der Waals surface area contributed by atoms with Gasteiger partial charge in [-0.2, -0.15) is 0 Å². The highest BCUT2D eigenvalue weighted by atomic mass is 32.2. The second-order valence-corrected chi connectivity index (χ2v) is 15.7. The van der Waals surface area contributed by atoms with Crippen LogP contribution in [0.5, 0.6) is 0 Å². The van der Waals surface area contributed by atoms with Crippen molar-refractivity contribution in [3.05, 3.63) is 97.1 Å². The van der Waals surface area contributed by atoms with E-state index in [1.165, 1.54) is 81.1 Å². The van der Waals surface area contributed by atoms with Crippen LogP contribution in [0.25, 0.3) is 0 Å². The summed E-state index contributed by atoms with van der Waals surface area (Å²) in [6.07, 6.45) is 5.22. The van der Waals surface area contributed by atoms with Crippen LogP contribution in [0.4, 0.5) is 22.7 Å². The molecule has 44 heavy (non-hydrogen) atoms. The maximum atomic E-state index is 2.54. The minimum absolute atomic E-state index is 1.04. The third-order valence-corrected chi connectivity index (χ3v) is 11.5. The Kier molecular flexibility index (Phi) is 9.62. The Bertz CT molecular complexity index is 1360. The lowest BCUT2D eigenvalue weighted by atomic mass is 10.1. The molecular formula is C38H48N4S2+2. The molecule has 4 aromatic carbocycles. The van der Waals surface area contributed by atoms with Crippen molar-refractivity contribution in [2.45, 2.75) is 45.3 Å². The second-order valence-electron chi connectivity index (χ2n) is 13.6. The average molecular weight is 625 g/mol. The molecule has 0 N–H and O–H groups in total. The molecule has 0 atom stereocenters. The van der Waals surface area contributed by atoms with E-state index in [4.69, 9.17) is 0 Å². The van der Waals surface area contributed by atoms with Crippen LogP contribution in [0.2, 0.25) is 0 Å². The third-order valence-electron chi connectivity index (χ3n) is 9.20. The largest absolute Gasteiger partial charge is 0.334 e. The Morgan fingerprint density at radius 1 is 0.409 bits per heavy atom. The quantitative estimate of drug-likeness (QED) is 0.108. The lowest BCUT2D eigenvalue weighted by Gasteiger charge is -2.37. The molecule has 2 aliphatic heterocycles. The predicted octanol–water partition coefficient (Wildman–Crippen LogP) is 9.31. The Balaban J connectivity index is 0.944. The van der Waals surface area contributed by atoms with E-state index in [-0.39, 0.29) is 0 Å². The van der Waals surface area contributed by atoms with Gasteiger partial charge in [0.25, 0.3) is 0 Å². The first-order chi connectivity index (χ1) is 21.3. The molecule has 6 rings (SSSR count). The Hall–Kier alpha value is -2.90. The maximum Gasteiger partial charge on any atom is 0.0964 e. The molecule has 0 aromatic heterocycles. The van der Waals surface area contributed by atoms with Crippen LogP contribution < -0.4 is 9.80 Å². The van der Waals surface area contributed by atoms with E-state index in [0.717, 1.165) is 35.1 Å². The van der Waals surface area contributed by atoms with Crippen molar-refractivity contribution in [2.75, 3.05) is 77.3 Å². The van der Waals surface area contributed by atoms with Gasteiger partial charge in [0.15, 0.2) is 0 Å². The number of nitrogens with zero attached hydrogens (tertiary/aromatic N) is 4. The molecule has 0 saturated heterocycles. The number of benzene rings is 4. The fourth-order valence-electron chi connectivity index (χ4n) is 6.44. The van der Waals surface area contributed by atoms with Crippen LogP contribution in [0, 0.1) is 0 Å². The first-order valence-corrected chi connectivity index (χ1v) is 17.8. The van der Waals surface area contributed by atoms with Gasteiger partial charge in [0.05, 0.1) is 90.2 Å². The first kappa shape index (κ1) is 31.1. The Labute approximate surface area is 273 Å². The molecule has 0 aliphatic carbocycles. The molecular weight excluding hydrogens is 577 g/mol. The summed E-state index contributed by atoms with van der Waals surface area (Å²) in [5, 5.41) is 0. The maximum absolute atomic E-state index is 2.54. The Morgan fingerprint density at radius 3 is 1.02 bits per heavy atom. The van der Waals surface area contributed by atoms with Gasteiger partial charge < -0.3 is 18.8 Å². The summed E-state index contributed by atoms with van der Waals surface area (Å²) >= 11 is 3.79. The lowest BCUT2D eigenvalue weighted by molar-refractivity contribution is -0.889. The summed E-state index contributed by atoms with van der Waals surface area (Å²) in [6, 6.07) is 35.5. The molecule has 0 unspecified atom stereocenters. The number of anilines is 4. The molecule has 0 spiro atoms. The summed E-state index contributed by atoms with van der Waals surface area (Å²) < 4.78 is 2.12. The highest BCUT2D eigenvalue weighted by Crippen LogP contribution is 2.48. The molecule has 4 aromatic rings. The molecule has 0 saturated carbocycles. The van der Waals surface area contributed by atoms with Crippen LogP contribution in [-0.2, 0) is 0 Å². The lowest BCUT2D eigenvalue weighted by Crippen LogP contribution is -2.46. The van der Waals surface area contributed by atoms with E-state index in [1.54, 1.807) is 0 Å². The zero-order valence-electron chi connectivity index (χ0n) is 26.9. The van der Waals surface area contributed by atoms with E-state index in [0.29, 0.717) is 0 Å².